The SMILES string of the molecule is CCOC(=O)CCN(C(=O)Nc1ccccc1)C1CCCCC1. The monoisotopic (exact) mass is 318 g/mol. The number of anilines is 1. The first kappa shape index (κ1) is 17.3. The van der Waals surface area contributed by atoms with E-state index in [-0.39, 0.29) is 24.5 Å². The van der Waals surface area contributed by atoms with Gasteiger partial charge in [0.2, 0.25) is 0 Å². The Bertz CT molecular complexity index is 498. The molecule has 0 saturated heterocycles. The van der Waals surface area contributed by atoms with E-state index in [0.29, 0.717) is 13.2 Å². The van der Waals surface area contributed by atoms with Crippen LogP contribution in [0.25, 0.3) is 0 Å². The zero-order valence-corrected chi connectivity index (χ0v) is 13.8. The molecule has 5 nitrogen and oxygen atoms in total. The third-order valence-corrected chi connectivity index (χ3v) is 4.16. The van der Waals surface area contributed by atoms with Crippen LogP contribution < -0.4 is 5.32 Å². The molecule has 1 aromatic carbocycles. The summed E-state index contributed by atoms with van der Waals surface area (Å²) in [4.78, 5) is 26.1. The number of hydrogen-bond acceptors (Lipinski definition) is 3. The van der Waals surface area contributed by atoms with Gasteiger partial charge in [0.25, 0.3) is 0 Å². The molecule has 2 rings (SSSR count). The lowest BCUT2D eigenvalue weighted by Crippen LogP contribution is -2.45. The van der Waals surface area contributed by atoms with Crippen LogP contribution >= 0.6 is 0 Å². The number of hydrogen-bond donors (Lipinski definition) is 1. The fourth-order valence-corrected chi connectivity index (χ4v) is 3.00. The quantitative estimate of drug-likeness (QED) is 0.812. The van der Waals surface area contributed by atoms with Gasteiger partial charge in [-0.1, -0.05) is 37.5 Å². The van der Waals surface area contributed by atoms with E-state index in [0.717, 1.165) is 31.4 Å². The van der Waals surface area contributed by atoms with Crippen molar-refractivity contribution in [2.24, 2.45) is 0 Å². The largest absolute Gasteiger partial charge is 0.466 e. The van der Waals surface area contributed by atoms with Gasteiger partial charge in [0, 0.05) is 18.3 Å². The van der Waals surface area contributed by atoms with Gasteiger partial charge >= 0.3 is 12.0 Å². The van der Waals surface area contributed by atoms with Crippen molar-refractivity contribution in [3.63, 3.8) is 0 Å². The van der Waals surface area contributed by atoms with Crippen LogP contribution in [0, 0.1) is 0 Å². The van der Waals surface area contributed by atoms with Crippen LogP contribution in [-0.4, -0.2) is 36.1 Å². The third-order valence-electron chi connectivity index (χ3n) is 4.16. The number of urea groups is 1. The smallest absolute Gasteiger partial charge is 0.322 e. The van der Waals surface area contributed by atoms with Crippen LogP contribution in [-0.2, 0) is 9.53 Å². The van der Waals surface area contributed by atoms with E-state index in [9.17, 15) is 9.59 Å². The minimum atomic E-state index is -0.249. The molecular formula is C18H26N2O3. The Morgan fingerprint density at radius 1 is 1.17 bits per heavy atom. The molecule has 1 aliphatic rings. The standard InChI is InChI=1S/C18H26N2O3/c1-2-23-17(21)13-14-20(16-11-7-4-8-12-16)18(22)19-15-9-5-3-6-10-15/h3,5-6,9-10,16H,2,4,7-8,11-14H2,1H3,(H,19,22). The molecule has 1 aliphatic carbocycles. The Balaban J connectivity index is 1.99. The normalized spacial score (nSPS) is 15.0. The zero-order valence-electron chi connectivity index (χ0n) is 13.8. The average Bonchev–Trinajstić information content (AvgIpc) is 2.57. The fourth-order valence-electron chi connectivity index (χ4n) is 3.00. The molecule has 0 bridgehead atoms. The molecule has 0 atom stereocenters. The number of nitrogens with one attached hydrogen (secondary N) is 1. The molecule has 0 unspecified atom stereocenters. The van der Waals surface area contributed by atoms with E-state index in [1.54, 1.807) is 6.92 Å². The Morgan fingerprint density at radius 2 is 1.87 bits per heavy atom. The van der Waals surface area contributed by atoms with Crippen molar-refractivity contribution in [2.45, 2.75) is 51.5 Å². The number of esters is 1. The molecule has 1 saturated carbocycles. The maximum absolute atomic E-state index is 12.6. The first-order valence-corrected chi connectivity index (χ1v) is 8.49. The number of amides is 2. The summed E-state index contributed by atoms with van der Waals surface area (Å²) in [5, 5.41) is 2.93. The predicted molar refractivity (Wildman–Crippen MR) is 90.3 cm³/mol. The Morgan fingerprint density at radius 3 is 2.52 bits per heavy atom. The maximum Gasteiger partial charge on any atom is 0.322 e. The highest BCUT2D eigenvalue weighted by Crippen LogP contribution is 2.23. The highest BCUT2D eigenvalue weighted by Gasteiger charge is 2.26. The van der Waals surface area contributed by atoms with Crippen molar-refractivity contribution >= 4 is 17.7 Å². The van der Waals surface area contributed by atoms with Gasteiger partial charge in [0.05, 0.1) is 13.0 Å². The third kappa shape index (κ3) is 5.58. The van der Waals surface area contributed by atoms with Gasteiger partial charge in [-0.15, -0.1) is 0 Å². The van der Waals surface area contributed by atoms with Crippen molar-refractivity contribution in [2.75, 3.05) is 18.5 Å². The molecule has 0 heterocycles. The molecule has 0 spiro atoms. The molecule has 1 N–H and O–H groups in total. The summed E-state index contributed by atoms with van der Waals surface area (Å²) in [6, 6.07) is 9.49. The van der Waals surface area contributed by atoms with E-state index in [4.69, 9.17) is 4.74 Å². The topological polar surface area (TPSA) is 58.6 Å². The molecule has 2 amide bonds. The Labute approximate surface area is 138 Å². The minimum absolute atomic E-state index is 0.132. The van der Waals surface area contributed by atoms with Crippen LogP contribution in [0.2, 0.25) is 0 Å². The summed E-state index contributed by atoms with van der Waals surface area (Å²) in [6.07, 6.45) is 5.75. The van der Waals surface area contributed by atoms with E-state index >= 15 is 0 Å². The molecule has 0 aliphatic heterocycles. The highest BCUT2D eigenvalue weighted by atomic mass is 16.5. The maximum atomic E-state index is 12.6. The van der Waals surface area contributed by atoms with Gasteiger partial charge in [-0.2, -0.15) is 0 Å². The summed E-state index contributed by atoms with van der Waals surface area (Å²) in [5.74, 6) is -0.249. The number of ether oxygens (including phenoxy) is 1. The van der Waals surface area contributed by atoms with Crippen LogP contribution in [0.3, 0.4) is 0 Å². The molecule has 1 fully saturated rings. The number of rotatable bonds is 6. The van der Waals surface area contributed by atoms with Crippen LogP contribution in [0.5, 0.6) is 0 Å². The van der Waals surface area contributed by atoms with Crippen LogP contribution in [0.4, 0.5) is 10.5 Å². The lowest BCUT2D eigenvalue weighted by molar-refractivity contribution is -0.143. The lowest BCUT2D eigenvalue weighted by atomic mass is 9.94. The van der Waals surface area contributed by atoms with E-state index in [1.807, 2.05) is 35.2 Å². The summed E-state index contributed by atoms with van der Waals surface area (Å²) in [7, 11) is 0. The number of carbonyl (C=O) groups is 2. The van der Waals surface area contributed by atoms with Crippen LogP contribution in [0.1, 0.15) is 45.4 Å². The molecule has 1 aromatic rings. The van der Waals surface area contributed by atoms with Crippen molar-refractivity contribution in [3.8, 4) is 0 Å². The first-order chi connectivity index (χ1) is 11.2. The zero-order chi connectivity index (χ0) is 16.5. The van der Waals surface area contributed by atoms with Crippen molar-refractivity contribution in [3.05, 3.63) is 30.3 Å². The molecule has 0 radical (unpaired) electrons. The average molecular weight is 318 g/mol. The predicted octanol–water partition coefficient (Wildman–Crippen LogP) is 3.81. The van der Waals surface area contributed by atoms with Gasteiger partial charge in [0.1, 0.15) is 0 Å². The van der Waals surface area contributed by atoms with Crippen molar-refractivity contribution in [1.82, 2.24) is 4.90 Å². The van der Waals surface area contributed by atoms with Gasteiger partial charge in [-0.05, 0) is 31.9 Å². The van der Waals surface area contributed by atoms with Gasteiger partial charge in [-0.3, -0.25) is 4.79 Å². The Kier molecular flexibility index (Phi) is 6.91. The van der Waals surface area contributed by atoms with E-state index in [2.05, 4.69) is 5.32 Å². The molecule has 0 aromatic heterocycles. The highest BCUT2D eigenvalue weighted by molar-refractivity contribution is 5.89. The molecular weight excluding hydrogens is 292 g/mol. The number of nitrogens with zero attached hydrogens (tertiary/aromatic N) is 1. The lowest BCUT2D eigenvalue weighted by Gasteiger charge is -2.34. The van der Waals surface area contributed by atoms with Crippen LogP contribution in [0.15, 0.2) is 30.3 Å². The number of carbonyl (C=O) groups excluding carboxylic acids is 2. The molecule has 126 valence electrons. The van der Waals surface area contributed by atoms with Crippen molar-refractivity contribution in [1.29, 1.82) is 0 Å². The van der Waals surface area contributed by atoms with Gasteiger partial charge in [-0.25, -0.2) is 4.79 Å². The van der Waals surface area contributed by atoms with Crippen molar-refractivity contribution < 1.29 is 14.3 Å². The summed E-state index contributed by atoms with van der Waals surface area (Å²) < 4.78 is 4.98. The summed E-state index contributed by atoms with van der Waals surface area (Å²) in [6.45, 7) is 2.57. The van der Waals surface area contributed by atoms with E-state index in [1.165, 1.54) is 6.42 Å². The second-order valence-electron chi connectivity index (χ2n) is 5.84. The minimum Gasteiger partial charge on any atom is -0.466 e. The second kappa shape index (κ2) is 9.18. The molecule has 5 heteroatoms. The van der Waals surface area contributed by atoms with Gasteiger partial charge < -0.3 is 15.0 Å². The fraction of sp³-hybridized carbons (Fsp3) is 0.556. The first-order valence-electron chi connectivity index (χ1n) is 8.49. The second-order valence-corrected chi connectivity index (χ2v) is 5.84. The number of benzene rings is 1. The Hall–Kier alpha value is -2.04. The van der Waals surface area contributed by atoms with Gasteiger partial charge in [0.15, 0.2) is 0 Å². The number of para-hydroxylation sites is 1. The molecule has 23 heavy (non-hydrogen) atoms. The summed E-state index contributed by atoms with van der Waals surface area (Å²) >= 11 is 0. The van der Waals surface area contributed by atoms with E-state index < -0.39 is 0 Å². The summed E-state index contributed by atoms with van der Waals surface area (Å²) in [5.41, 5.74) is 0.773.